The van der Waals surface area contributed by atoms with E-state index in [0.29, 0.717) is 17.1 Å². The summed E-state index contributed by atoms with van der Waals surface area (Å²) in [5.74, 6) is -0.152. The number of nitrogens with zero attached hydrogens (tertiary/aromatic N) is 4. The first-order valence-electron chi connectivity index (χ1n) is 10.1. The minimum absolute atomic E-state index is 0.00281. The molecule has 0 radical (unpaired) electrons. The van der Waals surface area contributed by atoms with Crippen LogP contribution in [0, 0.1) is 0 Å². The van der Waals surface area contributed by atoms with Crippen molar-refractivity contribution in [2.75, 3.05) is 19.6 Å². The van der Waals surface area contributed by atoms with Gasteiger partial charge in [-0.3, -0.25) is 9.69 Å². The fourth-order valence-corrected chi connectivity index (χ4v) is 3.84. The van der Waals surface area contributed by atoms with Gasteiger partial charge in [-0.15, -0.1) is 0 Å². The molecule has 0 saturated heterocycles. The molecule has 154 valence electrons. The second-order valence-corrected chi connectivity index (χ2v) is 7.70. The standard InChI is InChI=1S/C22H28ClN5O/c1-5-27(6-2)20(18-9-7-8-10-19(18)23)14-25-22(29)17-11-16-13-26-28(15(3)4)21(16)24-12-17/h7-13,15,20H,5-6,14H2,1-4H3,(H,25,29). The third-order valence-corrected chi connectivity index (χ3v) is 5.50. The van der Waals surface area contributed by atoms with Crippen LogP contribution in [0.1, 0.15) is 55.7 Å². The number of fused-ring (bicyclic) bond motifs is 1. The quantitative estimate of drug-likeness (QED) is 0.591. The molecule has 0 spiro atoms. The maximum Gasteiger partial charge on any atom is 0.252 e. The van der Waals surface area contributed by atoms with E-state index < -0.39 is 0 Å². The Hall–Kier alpha value is -2.44. The summed E-state index contributed by atoms with van der Waals surface area (Å²) in [6.07, 6.45) is 3.36. The van der Waals surface area contributed by atoms with E-state index in [-0.39, 0.29) is 18.0 Å². The van der Waals surface area contributed by atoms with Crippen molar-refractivity contribution in [2.24, 2.45) is 0 Å². The molecule has 0 aliphatic rings. The number of amides is 1. The van der Waals surface area contributed by atoms with E-state index in [1.807, 2.05) is 35.0 Å². The fourth-order valence-electron chi connectivity index (χ4n) is 3.58. The predicted molar refractivity (Wildman–Crippen MR) is 117 cm³/mol. The minimum atomic E-state index is -0.152. The molecule has 29 heavy (non-hydrogen) atoms. The number of rotatable bonds is 8. The van der Waals surface area contributed by atoms with Crippen LogP contribution in [0.5, 0.6) is 0 Å². The summed E-state index contributed by atoms with van der Waals surface area (Å²) in [5.41, 5.74) is 2.33. The molecule has 2 aromatic heterocycles. The van der Waals surface area contributed by atoms with E-state index in [2.05, 4.69) is 48.0 Å². The van der Waals surface area contributed by atoms with E-state index in [9.17, 15) is 4.79 Å². The Labute approximate surface area is 176 Å². The Morgan fingerprint density at radius 2 is 1.93 bits per heavy atom. The number of pyridine rings is 1. The molecule has 2 heterocycles. The van der Waals surface area contributed by atoms with Gasteiger partial charge in [-0.25, -0.2) is 9.67 Å². The summed E-state index contributed by atoms with van der Waals surface area (Å²) in [6.45, 7) is 10.5. The zero-order chi connectivity index (χ0) is 21.0. The lowest BCUT2D eigenvalue weighted by atomic mass is 10.0. The fraction of sp³-hybridized carbons (Fsp3) is 0.409. The topological polar surface area (TPSA) is 63.1 Å². The van der Waals surface area contributed by atoms with Gasteiger partial charge in [0.15, 0.2) is 5.65 Å². The van der Waals surface area contributed by atoms with E-state index in [1.54, 1.807) is 12.4 Å². The van der Waals surface area contributed by atoms with Crippen LogP contribution >= 0.6 is 11.6 Å². The lowest BCUT2D eigenvalue weighted by Crippen LogP contribution is -2.38. The number of likely N-dealkylation sites (N-methyl/N-ethyl adjacent to an activating group) is 1. The van der Waals surface area contributed by atoms with Crippen molar-refractivity contribution in [1.82, 2.24) is 25.0 Å². The second-order valence-electron chi connectivity index (χ2n) is 7.29. The van der Waals surface area contributed by atoms with Crippen LogP contribution in [0.4, 0.5) is 0 Å². The molecule has 3 aromatic rings. The molecule has 0 bridgehead atoms. The van der Waals surface area contributed by atoms with Gasteiger partial charge in [0.25, 0.3) is 5.91 Å². The van der Waals surface area contributed by atoms with Crippen molar-refractivity contribution in [3.63, 3.8) is 0 Å². The second kappa shape index (κ2) is 9.37. The van der Waals surface area contributed by atoms with Crippen molar-refractivity contribution in [3.8, 4) is 0 Å². The summed E-state index contributed by atoms with van der Waals surface area (Å²) in [4.78, 5) is 19.6. The number of benzene rings is 1. The van der Waals surface area contributed by atoms with Crippen molar-refractivity contribution in [3.05, 3.63) is 58.9 Å². The Kier molecular flexibility index (Phi) is 6.87. The van der Waals surface area contributed by atoms with Gasteiger partial charge in [0, 0.05) is 29.2 Å². The van der Waals surface area contributed by atoms with Crippen molar-refractivity contribution in [1.29, 1.82) is 0 Å². The number of carbonyl (C=O) groups is 1. The maximum absolute atomic E-state index is 12.8. The number of carbonyl (C=O) groups excluding carboxylic acids is 1. The molecule has 0 saturated carbocycles. The first kappa shape index (κ1) is 21.3. The third-order valence-electron chi connectivity index (χ3n) is 5.16. The third kappa shape index (κ3) is 4.60. The van der Waals surface area contributed by atoms with Gasteiger partial charge in [-0.2, -0.15) is 5.10 Å². The number of hydrogen-bond acceptors (Lipinski definition) is 4. The molecule has 0 aliphatic heterocycles. The lowest BCUT2D eigenvalue weighted by molar-refractivity contribution is 0.0934. The van der Waals surface area contributed by atoms with Gasteiger partial charge in [-0.05, 0) is 44.6 Å². The van der Waals surface area contributed by atoms with Crippen LogP contribution in [0.15, 0.2) is 42.7 Å². The predicted octanol–water partition coefficient (Wildman–Crippen LogP) is 4.48. The van der Waals surface area contributed by atoms with Gasteiger partial charge >= 0.3 is 0 Å². The minimum Gasteiger partial charge on any atom is -0.350 e. The molecule has 1 amide bonds. The van der Waals surface area contributed by atoms with Gasteiger partial charge in [0.2, 0.25) is 0 Å². The molecular formula is C22H28ClN5O. The molecule has 1 aromatic carbocycles. The van der Waals surface area contributed by atoms with E-state index in [0.717, 1.165) is 29.7 Å². The summed E-state index contributed by atoms with van der Waals surface area (Å²) in [7, 11) is 0. The zero-order valence-electron chi connectivity index (χ0n) is 17.4. The highest BCUT2D eigenvalue weighted by Gasteiger charge is 2.21. The van der Waals surface area contributed by atoms with Crippen molar-refractivity contribution in [2.45, 2.75) is 39.8 Å². The van der Waals surface area contributed by atoms with Crippen LogP contribution in [0.2, 0.25) is 5.02 Å². The summed E-state index contributed by atoms with van der Waals surface area (Å²) in [5, 5.41) is 9.00. The molecule has 0 fully saturated rings. The molecule has 6 nitrogen and oxygen atoms in total. The summed E-state index contributed by atoms with van der Waals surface area (Å²) >= 11 is 6.44. The first-order valence-corrected chi connectivity index (χ1v) is 10.4. The SMILES string of the molecule is CCN(CC)C(CNC(=O)c1cnc2c(cnn2C(C)C)c1)c1ccccc1Cl. The Balaban J connectivity index is 1.79. The van der Waals surface area contributed by atoms with Gasteiger partial charge in [0.05, 0.1) is 17.8 Å². The molecule has 7 heteroatoms. The van der Waals surface area contributed by atoms with Crippen LogP contribution in [-0.4, -0.2) is 45.2 Å². The molecule has 1 atom stereocenters. The smallest absolute Gasteiger partial charge is 0.252 e. The van der Waals surface area contributed by atoms with Crippen LogP contribution in [0.25, 0.3) is 11.0 Å². The van der Waals surface area contributed by atoms with E-state index in [4.69, 9.17) is 11.6 Å². The average molecular weight is 414 g/mol. The van der Waals surface area contributed by atoms with Crippen molar-refractivity contribution < 1.29 is 4.79 Å². The molecule has 0 aliphatic carbocycles. The van der Waals surface area contributed by atoms with Gasteiger partial charge in [-0.1, -0.05) is 43.6 Å². The van der Waals surface area contributed by atoms with Gasteiger partial charge in [0.1, 0.15) is 0 Å². The summed E-state index contributed by atoms with van der Waals surface area (Å²) in [6, 6.07) is 9.86. The highest BCUT2D eigenvalue weighted by molar-refractivity contribution is 6.31. The van der Waals surface area contributed by atoms with E-state index in [1.165, 1.54) is 0 Å². The van der Waals surface area contributed by atoms with Crippen LogP contribution < -0.4 is 5.32 Å². The van der Waals surface area contributed by atoms with Crippen LogP contribution in [0.3, 0.4) is 0 Å². The molecule has 1 unspecified atom stereocenters. The Morgan fingerprint density at radius 3 is 2.59 bits per heavy atom. The number of nitrogens with one attached hydrogen (secondary N) is 1. The highest BCUT2D eigenvalue weighted by Crippen LogP contribution is 2.27. The monoisotopic (exact) mass is 413 g/mol. The maximum atomic E-state index is 12.8. The highest BCUT2D eigenvalue weighted by atomic mass is 35.5. The first-order chi connectivity index (χ1) is 14.0. The summed E-state index contributed by atoms with van der Waals surface area (Å²) < 4.78 is 1.85. The Bertz CT molecular complexity index is 980. The Morgan fingerprint density at radius 1 is 1.21 bits per heavy atom. The van der Waals surface area contributed by atoms with Crippen molar-refractivity contribution >= 4 is 28.5 Å². The lowest BCUT2D eigenvalue weighted by Gasteiger charge is -2.30. The number of aromatic nitrogens is 3. The molecule has 1 N–H and O–H groups in total. The molecular weight excluding hydrogens is 386 g/mol. The number of halogens is 1. The molecule has 3 rings (SSSR count). The van der Waals surface area contributed by atoms with E-state index >= 15 is 0 Å². The van der Waals surface area contributed by atoms with Gasteiger partial charge < -0.3 is 5.32 Å². The average Bonchev–Trinajstić information content (AvgIpc) is 3.15. The van der Waals surface area contributed by atoms with Crippen LogP contribution in [-0.2, 0) is 0 Å². The normalized spacial score (nSPS) is 12.7. The number of hydrogen-bond donors (Lipinski definition) is 1. The largest absolute Gasteiger partial charge is 0.350 e. The zero-order valence-corrected chi connectivity index (χ0v) is 18.1.